The number of carbonyl (C=O) groups excluding carboxylic acids is 2. The van der Waals surface area contributed by atoms with Crippen molar-refractivity contribution < 1.29 is 19.2 Å². The SMILES string of the molecule is COC(=O)c1ccc(C(Cl)C(N)=O)c([N+](=O)[O-])c1. The minimum absolute atomic E-state index is 0.0127. The molecular weight excluding hydrogens is 264 g/mol. The van der Waals surface area contributed by atoms with Gasteiger partial charge in [0, 0.05) is 6.07 Å². The molecule has 1 aromatic rings. The predicted octanol–water partition coefficient (Wildman–Crippen LogP) is 1.15. The van der Waals surface area contributed by atoms with Crippen LogP contribution in [0.15, 0.2) is 18.2 Å². The van der Waals surface area contributed by atoms with Crippen LogP contribution in [0.25, 0.3) is 0 Å². The lowest BCUT2D eigenvalue weighted by atomic mass is 10.1. The number of rotatable bonds is 4. The summed E-state index contributed by atoms with van der Waals surface area (Å²) in [6, 6.07) is 3.46. The van der Waals surface area contributed by atoms with Gasteiger partial charge >= 0.3 is 5.97 Å². The molecule has 1 atom stereocenters. The molecule has 2 N–H and O–H groups in total. The molecule has 8 heteroatoms. The molecule has 96 valence electrons. The van der Waals surface area contributed by atoms with Crippen LogP contribution in [0.2, 0.25) is 0 Å². The summed E-state index contributed by atoms with van der Waals surface area (Å²) >= 11 is 5.66. The van der Waals surface area contributed by atoms with Crippen LogP contribution in [0.5, 0.6) is 0 Å². The Labute approximate surface area is 107 Å². The van der Waals surface area contributed by atoms with Crippen molar-refractivity contribution in [1.29, 1.82) is 0 Å². The standard InChI is InChI=1S/C10H9ClN2O5/c1-18-10(15)5-2-3-6(8(11)9(12)14)7(4-5)13(16)17/h2-4,8H,1H3,(H2,12,14). The highest BCUT2D eigenvalue weighted by Gasteiger charge is 2.26. The third kappa shape index (κ3) is 2.75. The number of nitro groups is 1. The van der Waals surface area contributed by atoms with Crippen molar-refractivity contribution in [2.24, 2.45) is 5.73 Å². The molecule has 0 bridgehead atoms. The van der Waals surface area contributed by atoms with E-state index in [-0.39, 0.29) is 11.1 Å². The Kier molecular flexibility index (Phi) is 4.22. The number of ether oxygens (including phenoxy) is 1. The van der Waals surface area contributed by atoms with Gasteiger partial charge in [0.15, 0.2) is 0 Å². The molecule has 0 aliphatic rings. The van der Waals surface area contributed by atoms with Crippen LogP contribution < -0.4 is 5.73 Å². The molecule has 1 aromatic carbocycles. The summed E-state index contributed by atoms with van der Waals surface area (Å²) in [5.74, 6) is -1.64. The van der Waals surface area contributed by atoms with Gasteiger partial charge in [0.25, 0.3) is 5.69 Å². The highest BCUT2D eigenvalue weighted by atomic mass is 35.5. The highest BCUT2D eigenvalue weighted by molar-refractivity contribution is 6.30. The average Bonchev–Trinajstić information content (AvgIpc) is 2.35. The Balaban J connectivity index is 3.33. The van der Waals surface area contributed by atoms with Gasteiger partial charge in [-0.05, 0) is 12.1 Å². The van der Waals surface area contributed by atoms with Gasteiger partial charge in [-0.1, -0.05) is 0 Å². The number of carbonyl (C=O) groups is 2. The van der Waals surface area contributed by atoms with Crippen molar-refractivity contribution in [1.82, 2.24) is 0 Å². The van der Waals surface area contributed by atoms with E-state index in [1.165, 1.54) is 12.1 Å². The summed E-state index contributed by atoms with van der Waals surface area (Å²) < 4.78 is 4.43. The molecule has 0 aliphatic heterocycles. The fraction of sp³-hybridized carbons (Fsp3) is 0.200. The zero-order chi connectivity index (χ0) is 13.9. The van der Waals surface area contributed by atoms with Crippen LogP contribution in [-0.2, 0) is 9.53 Å². The van der Waals surface area contributed by atoms with Gasteiger partial charge in [0.05, 0.1) is 23.2 Å². The van der Waals surface area contributed by atoms with Crippen LogP contribution in [0.3, 0.4) is 0 Å². The first-order valence-electron chi connectivity index (χ1n) is 4.68. The maximum absolute atomic E-state index is 11.2. The normalized spacial score (nSPS) is 11.7. The van der Waals surface area contributed by atoms with Crippen LogP contribution in [-0.4, -0.2) is 23.9 Å². The fourth-order valence-electron chi connectivity index (χ4n) is 1.31. The molecule has 0 radical (unpaired) electrons. The topological polar surface area (TPSA) is 113 Å². The maximum Gasteiger partial charge on any atom is 0.338 e. The van der Waals surface area contributed by atoms with E-state index in [9.17, 15) is 19.7 Å². The number of esters is 1. The maximum atomic E-state index is 11.2. The van der Waals surface area contributed by atoms with Crippen molar-refractivity contribution in [3.8, 4) is 0 Å². The van der Waals surface area contributed by atoms with E-state index in [1.54, 1.807) is 0 Å². The number of nitrogens with zero attached hydrogens (tertiary/aromatic N) is 1. The van der Waals surface area contributed by atoms with Gasteiger partial charge in [0.1, 0.15) is 5.38 Å². The lowest BCUT2D eigenvalue weighted by molar-refractivity contribution is -0.385. The molecule has 1 amide bonds. The number of nitrogens with two attached hydrogens (primary N) is 1. The zero-order valence-corrected chi connectivity index (χ0v) is 10.0. The van der Waals surface area contributed by atoms with Gasteiger partial charge in [0.2, 0.25) is 5.91 Å². The Morgan fingerprint density at radius 2 is 2.11 bits per heavy atom. The molecule has 0 saturated carbocycles. The van der Waals surface area contributed by atoms with E-state index >= 15 is 0 Å². The minimum atomic E-state index is -1.34. The second-order valence-corrected chi connectivity index (χ2v) is 3.72. The van der Waals surface area contributed by atoms with Crippen molar-refractivity contribution >= 4 is 29.2 Å². The molecule has 0 spiro atoms. The molecule has 0 heterocycles. The van der Waals surface area contributed by atoms with Crippen molar-refractivity contribution in [2.45, 2.75) is 5.38 Å². The van der Waals surface area contributed by atoms with Gasteiger partial charge < -0.3 is 10.5 Å². The number of alkyl halides is 1. The molecule has 18 heavy (non-hydrogen) atoms. The molecule has 7 nitrogen and oxygen atoms in total. The quantitative estimate of drug-likeness (QED) is 0.382. The number of hydrogen-bond acceptors (Lipinski definition) is 5. The number of hydrogen-bond donors (Lipinski definition) is 1. The molecular formula is C10H9ClN2O5. The van der Waals surface area contributed by atoms with Gasteiger partial charge in [-0.3, -0.25) is 14.9 Å². The van der Waals surface area contributed by atoms with Crippen LogP contribution in [0.1, 0.15) is 21.3 Å². The number of halogens is 1. The van der Waals surface area contributed by atoms with E-state index in [2.05, 4.69) is 4.74 Å². The third-order valence-electron chi connectivity index (χ3n) is 2.17. The summed E-state index contributed by atoms with van der Waals surface area (Å²) in [6.07, 6.45) is 0. The number of benzene rings is 1. The second-order valence-electron chi connectivity index (χ2n) is 3.29. The lowest BCUT2D eigenvalue weighted by Crippen LogP contribution is -2.18. The van der Waals surface area contributed by atoms with E-state index in [4.69, 9.17) is 17.3 Å². The summed E-state index contributed by atoms with van der Waals surface area (Å²) in [5.41, 5.74) is 4.43. The lowest BCUT2D eigenvalue weighted by Gasteiger charge is -2.07. The van der Waals surface area contributed by atoms with Crippen molar-refractivity contribution in [3.05, 3.63) is 39.4 Å². The number of nitro benzene ring substituents is 1. The number of amides is 1. The smallest absolute Gasteiger partial charge is 0.338 e. The molecule has 1 rings (SSSR count). The van der Waals surface area contributed by atoms with Crippen LogP contribution in [0, 0.1) is 10.1 Å². The largest absolute Gasteiger partial charge is 0.465 e. The highest BCUT2D eigenvalue weighted by Crippen LogP contribution is 2.30. The van der Waals surface area contributed by atoms with Gasteiger partial charge in [-0.2, -0.15) is 0 Å². The molecule has 0 aromatic heterocycles. The van der Waals surface area contributed by atoms with Gasteiger partial charge in [-0.15, -0.1) is 11.6 Å². The first kappa shape index (κ1) is 13.9. The number of methoxy groups -OCH3 is 1. The first-order valence-corrected chi connectivity index (χ1v) is 5.12. The Hall–Kier alpha value is -2.15. The Morgan fingerprint density at radius 3 is 2.56 bits per heavy atom. The average molecular weight is 273 g/mol. The van der Waals surface area contributed by atoms with Gasteiger partial charge in [-0.25, -0.2) is 4.79 Å². The first-order chi connectivity index (χ1) is 8.38. The van der Waals surface area contributed by atoms with Crippen LogP contribution >= 0.6 is 11.6 Å². The monoisotopic (exact) mass is 272 g/mol. The van der Waals surface area contributed by atoms with E-state index in [0.717, 1.165) is 13.2 Å². The summed E-state index contributed by atoms with van der Waals surface area (Å²) in [4.78, 5) is 32.3. The van der Waals surface area contributed by atoms with E-state index < -0.39 is 27.9 Å². The van der Waals surface area contributed by atoms with Crippen molar-refractivity contribution in [2.75, 3.05) is 7.11 Å². The third-order valence-corrected chi connectivity index (χ3v) is 2.62. The zero-order valence-electron chi connectivity index (χ0n) is 9.25. The number of primary amides is 1. The Morgan fingerprint density at radius 1 is 1.50 bits per heavy atom. The van der Waals surface area contributed by atoms with Crippen molar-refractivity contribution in [3.63, 3.8) is 0 Å². The molecule has 0 saturated heterocycles. The minimum Gasteiger partial charge on any atom is -0.465 e. The Bertz CT molecular complexity index is 517. The van der Waals surface area contributed by atoms with E-state index in [1.807, 2.05) is 0 Å². The van der Waals surface area contributed by atoms with E-state index in [0.29, 0.717) is 0 Å². The predicted molar refractivity (Wildman–Crippen MR) is 62.2 cm³/mol. The summed E-state index contributed by atoms with van der Waals surface area (Å²) in [6.45, 7) is 0. The molecule has 1 unspecified atom stereocenters. The summed E-state index contributed by atoms with van der Waals surface area (Å²) in [7, 11) is 1.15. The molecule has 0 fully saturated rings. The van der Waals surface area contributed by atoms with Crippen LogP contribution in [0.4, 0.5) is 5.69 Å². The summed E-state index contributed by atoms with van der Waals surface area (Å²) in [5, 5.41) is 9.52. The fourth-order valence-corrected chi connectivity index (χ4v) is 1.50. The molecule has 0 aliphatic carbocycles. The second kappa shape index (κ2) is 5.46.